The molecule has 0 atom stereocenters. The molecule has 0 radical (unpaired) electrons. The van der Waals surface area contributed by atoms with Crippen LogP contribution in [0.3, 0.4) is 0 Å². The topological polar surface area (TPSA) is 39.1 Å². The molecular weight excluding hydrogens is 387 g/mol. The van der Waals surface area contributed by atoms with Crippen molar-refractivity contribution >= 4 is 29.3 Å². The first-order valence-electron chi connectivity index (χ1n) is 8.33. The van der Waals surface area contributed by atoms with Gasteiger partial charge in [0.05, 0.1) is 10.1 Å². The molecular formula is C21H16F3NO2S. The van der Waals surface area contributed by atoms with Crippen LogP contribution in [0.4, 0.5) is 13.2 Å². The van der Waals surface area contributed by atoms with Gasteiger partial charge in [0.25, 0.3) is 5.56 Å². The van der Waals surface area contributed by atoms with Crippen LogP contribution in [-0.4, -0.2) is 10.4 Å². The molecule has 0 unspecified atom stereocenters. The van der Waals surface area contributed by atoms with Crippen molar-refractivity contribution in [3.63, 3.8) is 0 Å². The van der Waals surface area contributed by atoms with Gasteiger partial charge in [0.15, 0.2) is 5.78 Å². The quantitative estimate of drug-likeness (QED) is 0.630. The highest BCUT2D eigenvalue weighted by Gasteiger charge is 2.30. The molecule has 3 nitrogen and oxygen atoms in total. The lowest BCUT2D eigenvalue weighted by atomic mass is 10.1. The molecule has 0 saturated heterocycles. The molecule has 0 aliphatic carbocycles. The van der Waals surface area contributed by atoms with E-state index in [0.717, 1.165) is 29.0 Å². The fourth-order valence-electron chi connectivity index (χ4n) is 2.70. The van der Waals surface area contributed by atoms with E-state index < -0.39 is 11.7 Å². The van der Waals surface area contributed by atoms with Crippen LogP contribution in [0, 0.1) is 6.92 Å². The summed E-state index contributed by atoms with van der Waals surface area (Å²) in [6.07, 6.45) is -1.68. The van der Waals surface area contributed by atoms with Gasteiger partial charge in [0.2, 0.25) is 0 Å². The van der Waals surface area contributed by atoms with E-state index in [-0.39, 0.29) is 21.4 Å². The minimum absolute atomic E-state index is 0.236. The van der Waals surface area contributed by atoms with E-state index in [2.05, 4.69) is 0 Å². The lowest BCUT2D eigenvalue weighted by Crippen LogP contribution is -2.29. The fourth-order valence-corrected chi connectivity index (χ4v) is 3.73. The standard InChI is InChI=1S/C21H16F3NO2S/c1-13-6-3-4-9-16(13)17(26)12-19-25(2)20(27)18(28-19)11-14-7-5-8-15(10-14)21(22,23)24/h3-12H,1-2H3/b18-11-,19-12-. The average Bonchev–Trinajstić information content (AvgIpc) is 2.89. The number of carbonyl (C=O) groups excluding carboxylic acids is 1. The third-order valence-corrected chi connectivity index (χ3v) is 5.35. The first-order chi connectivity index (χ1) is 13.2. The minimum Gasteiger partial charge on any atom is -0.302 e. The number of Topliss-reactive ketones (excluding diaryl/α,β-unsaturated/α-hetero) is 1. The second-order valence-corrected chi connectivity index (χ2v) is 7.32. The lowest BCUT2D eigenvalue weighted by Gasteiger charge is -2.06. The Bertz CT molecular complexity index is 1220. The number of alkyl halides is 3. The number of carbonyl (C=O) groups is 1. The summed E-state index contributed by atoms with van der Waals surface area (Å²) >= 11 is 1.06. The molecule has 1 aromatic heterocycles. The number of ketones is 1. The summed E-state index contributed by atoms with van der Waals surface area (Å²) in [6, 6.07) is 11.9. The van der Waals surface area contributed by atoms with E-state index in [1.165, 1.54) is 35.9 Å². The molecule has 0 amide bonds. The SMILES string of the molecule is Cc1ccccc1C(=O)/C=c1\s/c(=C\c2cccc(C(F)(F)F)c2)c(=O)n1C. The second kappa shape index (κ2) is 7.59. The lowest BCUT2D eigenvalue weighted by molar-refractivity contribution is -0.137. The number of hydrogen-bond acceptors (Lipinski definition) is 3. The van der Waals surface area contributed by atoms with Crippen molar-refractivity contribution in [1.82, 2.24) is 4.57 Å². The molecule has 0 saturated carbocycles. The Morgan fingerprint density at radius 2 is 1.82 bits per heavy atom. The Morgan fingerprint density at radius 3 is 2.50 bits per heavy atom. The van der Waals surface area contributed by atoms with Crippen molar-refractivity contribution in [2.24, 2.45) is 7.05 Å². The van der Waals surface area contributed by atoms with Gasteiger partial charge in [-0.15, -0.1) is 11.3 Å². The van der Waals surface area contributed by atoms with E-state index in [1.807, 2.05) is 19.1 Å². The number of benzene rings is 2. The number of halogens is 3. The maximum Gasteiger partial charge on any atom is 0.416 e. The Kier molecular flexibility index (Phi) is 5.38. The number of rotatable bonds is 3. The number of thiazole rings is 1. The number of hydrogen-bond donors (Lipinski definition) is 0. The first-order valence-corrected chi connectivity index (χ1v) is 9.15. The Balaban J connectivity index is 2.07. The van der Waals surface area contributed by atoms with Crippen LogP contribution in [0.5, 0.6) is 0 Å². The molecule has 2 aromatic carbocycles. The van der Waals surface area contributed by atoms with Gasteiger partial charge < -0.3 is 4.57 Å². The number of aryl methyl sites for hydroxylation is 1. The maximum absolute atomic E-state index is 12.9. The van der Waals surface area contributed by atoms with Crippen LogP contribution >= 0.6 is 11.3 Å². The zero-order chi connectivity index (χ0) is 20.5. The van der Waals surface area contributed by atoms with Crippen LogP contribution < -0.4 is 14.8 Å². The molecule has 7 heteroatoms. The highest BCUT2D eigenvalue weighted by atomic mass is 32.1. The van der Waals surface area contributed by atoms with Gasteiger partial charge in [-0.2, -0.15) is 13.2 Å². The summed E-state index contributed by atoms with van der Waals surface area (Å²) in [4.78, 5) is 25.0. The molecule has 0 aliphatic rings. The molecule has 3 rings (SSSR count). The largest absolute Gasteiger partial charge is 0.416 e. The summed E-state index contributed by atoms with van der Waals surface area (Å²) in [5, 5.41) is 0. The average molecular weight is 403 g/mol. The van der Waals surface area contributed by atoms with Crippen LogP contribution in [0.1, 0.15) is 27.0 Å². The molecule has 0 N–H and O–H groups in total. The summed E-state index contributed by atoms with van der Waals surface area (Å²) in [6.45, 7) is 1.82. The van der Waals surface area contributed by atoms with Crippen molar-refractivity contribution in [3.05, 3.63) is 90.3 Å². The van der Waals surface area contributed by atoms with Crippen molar-refractivity contribution < 1.29 is 18.0 Å². The van der Waals surface area contributed by atoms with E-state index in [0.29, 0.717) is 10.2 Å². The predicted octanol–water partition coefficient (Wildman–Crippen LogP) is 3.27. The molecule has 0 aliphatic heterocycles. The molecule has 28 heavy (non-hydrogen) atoms. The van der Waals surface area contributed by atoms with E-state index >= 15 is 0 Å². The van der Waals surface area contributed by atoms with Gasteiger partial charge in [0, 0.05) is 18.7 Å². The van der Waals surface area contributed by atoms with Crippen LogP contribution in [0.25, 0.3) is 12.2 Å². The number of aromatic nitrogens is 1. The third-order valence-electron chi connectivity index (χ3n) is 4.24. The Labute approximate surface area is 162 Å². The first kappa shape index (κ1) is 19.8. The molecule has 0 fully saturated rings. The smallest absolute Gasteiger partial charge is 0.302 e. The van der Waals surface area contributed by atoms with Crippen molar-refractivity contribution in [1.29, 1.82) is 0 Å². The molecule has 0 bridgehead atoms. The zero-order valence-electron chi connectivity index (χ0n) is 15.1. The maximum atomic E-state index is 12.9. The fraction of sp³-hybridized carbons (Fsp3) is 0.143. The minimum atomic E-state index is -4.46. The van der Waals surface area contributed by atoms with Gasteiger partial charge in [-0.1, -0.05) is 36.4 Å². The highest BCUT2D eigenvalue weighted by molar-refractivity contribution is 7.07. The predicted molar refractivity (Wildman–Crippen MR) is 104 cm³/mol. The van der Waals surface area contributed by atoms with Crippen molar-refractivity contribution in [2.45, 2.75) is 13.1 Å². The van der Waals surface area contributed by atoms with E-state index in [1.54, 1.807) is 12.1 Å². The highest BCUT2D eigenvalue weighted by Crippen LogP contribution is 2.29. The molecule has 0 spiro atoms. The molecule has 144 valence electrons. The van der Waals surface area contributed by atoms with E-state index in [9.17, 15) is 22.8 Å². The summed E-state index contributed by atoms with van der Waals surface area (Å²) in [5.41, 5.74) is 0.473. The summed E-state index contributed by atoms with van der Waals surface area (Å²) < 4.78 is 40.6. The molecule has 3 aromatic rings. The normalized spacial score (nSPS) is 13.2. The monoisotopic (exact) mass is 403 g/mol. The summed E-state index contributed by atoms with van der Waals surface area (Å²) in [7, 11) is 1.53. The van der Waals surface area contributed by atoms with Gasteiger partial charge in [-0.05, 0) is 36.3 Å². The molecule has 1 heterocycles. The van der Waals surface area contributed by atoms with Crippen LogP contribution in [0.2, 0.25) is 0 Å². The van der Waals surface area contributed by atoms with Crippen LogP contribution in [0.15, 0.2) is 53.3 Å². The summed E-state index contributed by atoms with van der Waals surface area (Å²) in [5.74, 6) is -0.236. The second-order valence-electron chi connectivity index (χ2n) is 6.26. The van der Waals surface area contributed by atoms with Gasteiger partial charge >= 0.3 is 6.18 Å². The Hall–Kier alpha value is -2.93. The zero-order valence-corrected chi connectivity index (χ0v) is 15.9. The van der Waals surface area contributed by atoms with Crippen molar-refractivity contribution in [3.8, 4) is 0 Å². The Morgan fingerprint density at radius 1 is 1.11 bits per heavy atom. The van der Waals surface area contributed by atoms with Crippen molar-refractivity contribution in [2.75, 3.05) is 0 Å². The third kappa shape index (κ3) is 4.14. The van der Waals surface area contributed by atoms with Gasteiger partial charge in [0.1, 0.15) is 4.66 Å². The van der Waals surface area contributed by atoms with E-state index in [4.69, 9.17) is 0 Å². The van der Waals surface area contributed by atoms with Crippen LogP contribution in [-0.2, 0) is 13.2 Å². The van der Waals surface area contributed by atoms with Gasteiger partial charge in [-0.3, -0.25) is 9.59 Å². The number of nitrogens with zero attached hydrogens (tertiary/aromatic N) is 1. The van der Waals surface area contributed by atoms with Gasteiger partial charge in [-0.25, -0.2) is 0 Å².